The van der Waals surface area contributed by atoms with Crippen molar-refractivity contribution in [2.45, 2.75) is 6.92 Å². The van der Waals surface area contributed by atoms with Crippen LogP contribution in [0.4, 0.5) is 20.2 Å². The maximum absolute atomic E-state index is 15.2. The van der Waals surface area contributed by atoms with Gasteiger partial charge in [-0.15, -0.1) is 0 Å². The van der Waals surface area contributed by atoms with Crippen LogP contribution >= 0.6 is 15.9 Å². The molecule has 0 spiro atoms. The molecule has 0 aliphatic rings. The molecule has 0 unspecified atom stereocenters. The van der Waals surface area contributed by atoms with Crippen LogP contribution in [0.15, 0.2) is 35.1 Å². The number of nitrogens with zero attached hydrogens (tertiary/aromatic N) is 2. The lowest BCUT2D eigenvalue weighted by Crippen LogP contribution is -2.29. The van der Waals surface area contributed by atoms with E-state index in [9.17, 15) is 9.18 Å². The summed E-state index contributed by atoms with van der Waals surface area (Å²) in [5.74, 6) is -2.03. The zero-order valence-electron chi connectivity index (χ0n) is 15.9. The van der Waals surface area contributed by atoms with Crippen molar-refractivity contribution >= 4 is 44.2 Å². The number of aryl methyl sites for hydroxylation is 1. The van der Waals surface area contributed by atoms with Gasteiger partial charge in [0.2, 0.25) is 0 Å². The van der Waals surface area contributed by atoms with Crippen LogP contribution in [0.25, 0.3) is 11.0 Å². The number of carbonyl (C=O) groups excluding carboxylic acids is 1. The normalized spacial score (nSPS) is 11.1. The molecule has 0 saturated heterocycles. The van der Waals surface area contributed by atoms with E-state index in [0.717, 1.165) is 6.54 Å². The minimum Gasteiger partial charge on any atom is -0.350 e. The summed E-state index contributed by atoms with van der Waals surface area (Å²) in [6.45, 7) is 3.50. The van der Waals surface area contributed by atoms with E-state index in [-0.39, 0.29) is 29.1 Å². The zero-order valence-corrected chi connectivity index (χ0v) is 17.4. The molecule has 0 atom stereocenters. The Kier molecular flexibility index (Phi) is 6.78. The number of carbonyl (C=O) groups is 1. The summed E-state index contributed by atoms with van der Waals surface area (Å²) in [5, 5.41) is 5.73. The first-order chi connectivity index (χ1) is 13.9. The molecule has 0 fully saturated rings. The standard InChI is InChI=1S/C19H20BrF2N5O2/c1-3-23-6-7-29-26-19(28)12-9-15-18(24-10-27(15)2)16(22)17(12)25-14-5-4-11(20)8-13(14)21/h4-5,8-10,23,25H,3,6-7H2,1-2H3,(H,26,28). The summed E-state index contributed by atoms with van der Waals surface area (Å²) in [7, 11) is 1.69. The molecule has 7 nitrogen and oxygen atoms in total. The Balaban J connectivity index is 1.96. The van der Waals surface area contributed by atoms with Crippen molar-refractivity contribution in [2.24, 2.45) is 7.05 Å². The number of hydrogen-bond donors (Lipinski definition) is 3. The second kappa shape index (κ2) is 9.29. The molecule has 3 aromatic rings. The summed E-state index contributed by atoms with van der Waals surface area (Å²) in [4.78, 5) is 21.8. The minimum atomic E-state index is -0.761. The van der Waals surface area contributed by atoms with Crippen molar-refractivity contribution in [2.75, 3.05) is 25.0 Å². The van der Waals surface area contributed by atoms with Gasteiger partial charge in [0.1, 0.15) is 11.3 Å². The first-order valence-corrected chi connectivity index (χ1v) is 9.70. The SMILES string of the molecule is CCNCCONC(=O)c1cc2c(ncn2C)c(F)c1Nc1ccc(Br)cc1F. The van der Waals surface area contributed by atoms with E-state index in [1.54, 1.807) is 17.7 Å². The third-order valence-corrected chi connectivity index (χ3v) is 4.68. The van der Waals surface area contributed by atoms with Gasteiger partial charge in [0, 0.05) is 18.1 Å². The van der Waals surface area contributed by atoms with Crippen LogP contribution in [-0.2, 0) is 11.9 Å². The first-order valence-electron chi connectivity index (χ1n) is 8.90. The van der Waals surface area contributed by atoms with E-state index in [1.807, 2.05) is 6.92 Å². The topological polar surface area (TPSA) is 80.2 Å². The molecule has 3 N–H and O–H groups in total. The fraction of sp³-hybridized carbons (Fsp3) is 0.263. The smallest absolute Gasteiger partial charge is 0.277 e. The van der Waals surface area contributed by atoms with Crippen molar-refractivity contribution in [3.63, 3.8) is 0 Å². The third kappa shape index (κ3) is 4.72. The maximum Gasteiger partial charge on any atom is 0.277 e. The number of rotatable bonds is 8. The number of likely N-dealkylation sites (N-methyl/N-ethyl adjacent to an activating group) is 1. The molecule has 0 aliphatic heterocycles. The van der Waals surface area contributed by atoms with E-state index in [0.29, 0.717) is 16.5 Å². The van der Waals surface area contributed by atoms with Crippen LogP contribution in [0.3, 0.4) is 0 Å². The highest BCUT2D eigenvalue weighted by atomic mass is 79.9. The fourth-order valence-electron chi connectivity index (χ4n) is 2.72. The largest absolute Gasteiger partial charge is 0.350 e. The van der Waals surface area contributed by atoms with Crippen LogP contribution < -0.4 is 16.1 Å². The number of hydroxylamine groups is 1. The predicted octanol–water partition coefficient (Wildman–Crippen LogP) is 3.63. The van der Waals surface area contributed by atoms with Gasteiger partial charge in [-0.25, -0.2) is 19.2 Å². The summed E-state index contributed by atoms with van der Waals surface area (Å²) in [6, 6.07) is 5.76. The Morgan fingerprint density at radius 3 is 2.83 bits per heavy atom. The number of fused-ring (bicyclic) bond motifs is 1. The lowest BCUT2D eigenvalue weighted by Gasteiger charge is -2.15. The Morgan fingerprint density at radius 1 is 1.31 bits per heavy atom. The Morgan fingerprint density at radius 2 is 2.10 bits per heavy atom. The van der Waals surface area contributed by atoms with Gasteiger partial charge in [-0.1, -0.05) is 22.9 Å². The first kappa shape index (κ1) is 21.2. The molecule has 29 heavy (non-hydrogen) atoms. The molecule has 1 amide bonds. The van der Waals surface area contributed by atoms with E-state index in [4.69, 9.17) is 4.84 Å². The van der Waals surface area contributed by atoms with Gasteiger partial charge in [-0.05, 0) is 30.8 Å². The van der Waals surface area contributed by atoms with Crippen molar-refractivity contribution in [3.05, 3.63) is 52.3 Å². The molecule has 0 bridgehead atoms. The van der Waals surface area contributed by atoms with Gasteiger partial charge in [0.25, 0.3) is 5.91 Å². The average molecular weight is 468 g/mol. The van der Waals surface area contributed by atoms with Crippen molar-refractivity contribution in [1.82, 2.24) is 20.3 Å². The molecule has 2 aromatic carbocycles. The van der Waals surface area contributed by atoms with Crippen LogP contribution in [-0.4, -0.2) is 35.2 Å². The second-order valence-corrected chi connectivity index (χ2v) is 7.13. The molecule has 10 heteroatoms. The van der Waals surface area contributed by atoms with Crippen LogP contribution in [0, 0.1) is 11.6 Å². The molecule has 0 radical (unpaired) electrons. The molecular weight excluding hydrogens is 448 g/mol. The highest BCUT2D eigenvalue weighted by Gasteiger charge is 2.22. The van der Waals surface area contributed by atoms with Gasteiger partial charge in [-0.3, -0.25) is 9.63 Å². The predicted molar refractivity (Wildman–Crippen MR) is 110 cm³/mol. The van der Waals surface area contributed by atoms with Gasteiger partial charge in [0.15, 0.2) is 5.82 Å². The van der Waals surface area contributed by atoms with E-state index in [2.05, 4.69) is 37.0 Å². The number of halogens is 3. The minimum absolute atomic E-state index is 0.0181. The number of imidazole rings is 1. The molecule has 0 aliphatic carbocycles. The second-order valence-electron chi connectivity index (χ2n) is 6.22. The number of hydrogen-bond acceptors (Lipinski definition) is 5. The van der Waals surface area contributed by atoms with Crippen LogP contribution in [0.1, 0.15) is 17.3 Å². The molecule has 1 heterocycles. The van der Waals surface area contributed by atoms with E-state index in [1.165, 1.54) is 24.5 Å². The summed E-state index contributed by atoms with van der Waals surface area (Å²) >= 11 is 3.18. The van der Waals surface area contributed by atoms with Gasteiger partial charge in [0.05, 0.1) is 35.4 Å². The van der Waals surface area contributed by atoms with E-state index < -0.39 is 17.5 Å². The van der Waals surface area contributed by atoms with Crippen LogP contribution in [0.5, 0.6) is 0 Å². The van der Waals surface area contributed by atoms with Gasteiger partial charge < -0.3 is 15.2 Å². The van der Waals surface area contributed by atoms with Crippen molar-refractivity contribution in [3.8, 4) is 0 Å². The Labute approximate surface area is 174 Å². The van der Waals surface area contributed by atoms with Gasteiger partial charge >= 0.3 is 0 Å². The van der Waals surface area contributed by atoms with E-state index >= 15 is 4.39 Å². The van der Waals surface area contributed by atoms with Gasteiger partial charge in [-0.2, -0.15) is 0 Å². The zero-order chi connectivity index (χ0) is 21.0. The monoisotopic (exact) mass is 467 g/mol. The molecule has 154 valence electrons. The summed E-state index contributed by atoms with van der Waals surface area (Å²) in [6.07, 6.45) is 1.44. The molecule has 0 saturated carbocycles. The fourth-order valence-corrected chi connectivity index (χ4v) is 3.06. The summed E-state index contributed by atoms with van der Waals surface area (Å²) < 4.78 is 31.6. The maximum atomic E-state index is 15.2. The van der Waals surface area contributed by atoms with Crippen LogP contribution in [0.2, 0.25) is 0 Å². The molecule has 3 rings (SSSR count). The van der Waals surface area contributed by atoms with Crippen molar-refractivity contribution in [1.29, 1.82) is 0 Å². The number of nitrogens with one attached hydrogen (secondary N) is 3. The van der Waals surface area contributed by atoms with Crippen molar-refractivity contribution < 1.29 is 18.4 Å². The number of aromatic nitrogens is 2. The highest BCUT2D eigenvalue weighted by Crippen LogP contribution is 2.32. The Hall–Kier alpha value is -2.56. The lowest BCUT2D eigenvalue weighted by atomic mass is 10.1. The number of amides is 1. The quantitative estimate of drug-likeness (QED) is 0.348. The number of benzene rings is 2. The Bertz CT molecular complexity index is 1040. The lowest BCUT2D eigenvalue weighted by molar-refractivity contribution is 0.0326. The molecule has 1 aromatic heterocycles. The highest BCUT2D eigenvalue weighted by molar-refractivity contribution is 9.10. The molecular formula is C19H20BrF2N5O2. The average Bonchev–Trinajstić information content (AvgIpc) is 3.06. The third-order valence-electron chi connectivity index (χ3n) is 4.19. The summed E-state index contributed by atoms with van der Waals surface area (Å²) in [5.41, 5.74) is 2.57. The number of anilines is 2.